The van der Waals surface area contributed by atoms with Crippen molar-refractivity contribution in [2.24, 2.45) is 0 Å². The van der Waals surface area contributed by atoms with Crippen LogP contribution in [-0.4, -0.2) is 38.3 Å². The molecule has 1 saturated heterocycles. The lowest BCUT2D eigenvalue weighted by molar-refractivity contribution is -0.138. The van der Waals surface area contributed by atoms with Crippen molar-refractivity contribution >= 4 is 21.9 Å². The van der Waals surface area contributed by atoms with E-state index in [1.54, 1.807) is 12.1 Å². The topological polar surface area (TPSA) is 80.8 Å². The molecule has 0 saturated carbocycles. The van der Waals surface area contributed by atoms with Crippen LogP contribution in [0.25, 0.3) is 0 Å². The summed E-state index contributed by atoms with van der Waals surface area (Å²) in [4.78, 5) is 24.2. The molecule has 1 heterocycles. The Kier molecular flexibility index (Phi) is 5.31. The smallest absolute Gasteiger partial charge is 0.283 e. The molecular formula is C15H19NO5S. The van der Waals surface area contributed by atoms with Crippen LogP contribution in [0, 0.1) is 6.92 Å². The van der Waals surface area contributed by atoms with Crippen molar-refractivity contribution < 1.29 is 22.2 Å². The summed E-state index contributed by atoms with van der Waals surface area (Å²) in [5, 5.41) is 0. The highest BCUT2D eigenvalue weighted by molar-refractivity contribution is 7.86. The second kappa shape index (κ2) is 7.02. The summed E-state index contributed by atoms with van der Waals surface area (Å²) in [6.45, 7) is 2.23. The second-order valence-corrected chi connectivity index (χ2v) is 6.85. The molecule has 0 spiro atoms. The van der Waals surface area contributed by atoms with Crippen molar-refractivity contribution in [3.63, 3.8) is 0 Å². The summed E-state index contributed by atoms with van der Waals surface area (Å²) >= 11 is 0. The molecule has 0 aromatic heterocycles. The third kappa shape index (κ3) is 4.14. The van der Waals surface area contributed by atoms with E-state index in [-0.39, 0.29) is 36.2 Å². The lowest BCUT2D eigenvalue weighted by Crippen LogP contribution is -2.30. The van der Waals surface area contributed by atoms with E-state index in [2.05, 4.69) is 0 Å². The third-order valence-electron chi connectivity index (χ3n) is 3.48. The Morgan fingerprint density at radius 2 is 1.64 bits per heavy atom. The molecule has 0 N–H and O–H groups in total. The molecule has 7 heteroatoms. The number of hydrogen-bond acceptors (Lipinski definition) is 5. The standard InChI is InChI=1S/C15H19NO5S/c1-12-4-6-13(7-5-12)22(19,20)21-11-3-2-10-16-14(17)8-9-15(16)18/h4-7H,2-3,8-11H2,1H3. The summed E-state index contributed by atoms with van der Waals surface area (Å²) in [5.74, 6) is -0.309. The van der Waals surface area contributed by atoms with Crippen molar-refractivity contribution in [3.8, 4) is 0 Å². The SMILES string of the molecule is Cc1ccc(S(=O)(=O)OCCCCN2C(=O)CCC2=O)cc1. The highest BCUT2D eigenvalue weighted by atomic mass is 32.2. The minimum absolute atomic E-state index is 0.0342. The summed E-state index contributed by atoms with van der Waals surface area (Å²) < 4.78 is 28.8. The monoisotopic (exact) mass is 325 g/mol. The van der Waals surface area contributed by atoms with E-state index >= 15 is 0 Å². The Balaban J connectivity index is 1.75. The van der Waals surface area contributed by atoms with Gasteiger partial charge in [0.2, 0.25) is 11.8 Å². The van der Waals surface area contributed by atoms with E-state index in [0.717, 1.165) is 5.56 Å². The van der Waals surface area contributed by atoms with Crippen LogP contribution in [0.15, 0.2) is 29.2 Å². The number of unbranched alkanes of at least 4 members (excludes halogenated alkanes) is 1. The van der Waals surface area contributed by atoms with Crippen molar-refractivity contribution in [2.45, 2.75) is 37.5 Å². The molecule has 2 amide bonds. The van der Waals surface area contributed by atoms with E-state index in [4.69, 9.17) is 4.18 Å². The van der Waals surface area contributed by atoms with Crippen LogP contribution in [0.2, 0.25) is 0 Å². The van der Waals surface area contributed by atoms with Gasteiger partial charge in [-0.25, -0.2) is 0 Å². The fraction of sp³-hybridized carbons (Fsp3) is 0.467. The number of nitrogens with zero attached hydrogens (tertiary/aromatic N) is 1. The van der Waals surface area contributed by atoms with Crippen molar-refractivity contribution in [3.05, 3.63) is 29.8 Å². The molecule has 0 unspecified atom stereocenters. The van der Waals surface area contributed by atoms with Crippen molar-refractivity contribution in [2.75, 3.05) is 13.2 Å². The first-order valence-electron chi connectivity index (χ1n) is 7.19. The number of amides is 2. The maximum Gasteiger partial charge on any atom is 0.296 e. The number of imide groups is 1. The summed E-state index contributed by atoms with van der Waals surface area (Å²) in [6, 6.07) is 6.43. The zero-order valence-corrected chi connectivity index (χ0v) is 13.3. The van der Waals surface area contributed by atoms with Gasteiger partial charge in [-0.2, -0.15) is 8.42 Å². The number of carbonyl (C=O) groups is 2. The normalized spacial score (nSPS) is 15.6. The maximum absolute atomic E-state index is 11.9. The molecule has 1 aromatic carbocycles. The predicted octanol–water partition coefficient (Wildman–Crippen LogP) is 1.63. The Labute approximate surface area is 130 Å². The number of benzene rings is 1. The average molecular weight is 325 g/mol. The Morgan fingerprint density at radius 1 is 1.05 bits per heavy atom. The molecule has 0 aliphatic carbocycles. The van der Waals surface area contributed by atoms with E-state index < -0.39 is 10.1 Å². The van der Waals surface area contributed by atoms with Gasteiger partial charge in [0.25, 0.3) is 10.1 Å². The van der Waals surface area contributed by atoms with E-state index in [1.807, 2.05) is 6.92 Å². The van der Waals surface area contributed by atoms with Gasteiger partial charge in [0.1, 0.15) is 0 Å². The number of hydrogen-bond donors (Lipinski definition) is 0. The molecule has 0 bridgehead atoms. The summed E-state index contributed by atoms with van der Waals surface area (Å²) in [5.41, 5.74) is 0.971. The van der Waals surface area contributed by atoms with E-state index in [1.165, 1.54) is 17.0 Å². The molecule has 6 nitrogen and oxygen atoms in total. The fourth-order valence-electron chi connectivity index (χ4n) is 2.19. The molecule has 120 valence electrons. The lowest BCUT2D eigenvalue weighted by Gasteiger charge is -2.13. The van der Waals surface area contributed by atoms with E-state index in [9.17, 15) is 18.0 Å². The van der Waals surface area contributed by atoms with Crippen molar-refractivity contribution in [1.29, 1.82) is 0 Å². The maximum atomic E-state index is 11.9. The zero-order chi connectivity index (χ0) is 16.2. The molecule has 1 aliphatic rings. The Morgan fingerprint density at radius 3 is 2.23 bits per heavy atom. The molecule has 1 aliphatic heterocycles. The minimum Gasteiger partial charge on any atom is -0.283 e. The molecule has 1 fully saturated rings. The lowest BCUT2D eigenvalue weighted by atomic mass is 10.2. The van der Waals surface area contributed by atoms with Gasteiger partial charge >= 0.3 is 0 Å². The average Bonchev–Trinajstić information content (AvgIpc) is 2.79. The first-order chi connectivity index (χ1) is 10.4. The Hall–Kier alpha value is -1.73. The molecule has 2 rings (SSSR count). The highest BCUT2D eigenvalue weighted by Gasteiger charge is 2.27. The largest absolute Gasteiger partial charge is 0.296 e. The van der Waals surface area contributed by atoms with Gasteiger partial charge in [0.05, 0.1) is 11.5 Å². The Bertz CT molecular complexity index is 635. The van der Waals surface area contributed by atoms with E-state index in [0.29, 0.717) is 19.4 Å². The van der Waals surface area contributed by atoms with Gasteiger partial charge in [-0.1, -0.05) is 17.7 Å². The minimum atomic E-state index is -3.75. The summed E-state index contributed by atoms with van der Waals surface area (Å²) in [6.07, 6.45) is 1.54. The first-order valence-corrected chi connectivity index (χ1v) is 8.60. The number of aryl methyl sites for hydroxylation is 1. The van der Waals surface area contributed by atoms with Crippen LogP contribution in [0.1, 0.15) is 31.2 Å². The number of likely N-dealkylation sites (tertiary alicyclic amines) is 1. The van der Waals surface area contributed by atoms with Gasteiger partial charge in [0.15, 0.2) is 0 Å². The third-order valence-corrected chi connectivity index (χ3v) is 4.81. The zero-order valence-electron chi connectivity index (χ0n) is 12.4. The van der Waals surface area contributed by atoms with Crippen LogP contribution in [0.5, 0.6) is 0 Å². The molecule has 22 heavy (non-hydrogen) atoms. The first kappa shape index (κ1) is 16.6. The molecule has 0 radical (unpaired) electrons. The predicted molar refractivity (Wildman–Crippen MR) is 79.5 cm³/mol. The van der Waals surface area contributed by atoms with Crippen LogP contribution >= 0.6 is 0 Å². The van der Waals surface area contributed by atoms with Crippen LogP contribution in [-0.2, 0) is 23.9 Å². The number of carbonyl (C=O) groups excluding carboxylic acids is 2. The number of rotatable bonds is 7. The quantitative estimate of drug-likeness (QED) is 0.432. The van der Waals surface area contributed by atoms with Gasteiger partial charge in [-0.3, -0.25) is 18.7 Å². The second-order valence-electron chi connectivity index (χ2n) is 5.24. The van der Waals surface area contributed by atoms with Crippen LogP contribution in [0.3, 0.4) is 0 Å². The molecule has 0 atom stereocenters. The van der Waals surface area contributed by atoms with Crippen molar-refractivity contribution in [1.82, 2.24) is 4.90 Å². The molecule has 1 aromatic rings. The molecular weight excluding hydrogens is 306 g/mol. The van der Waals surface area contributed by atoms with Crippen LogP contribution < -0.4 is 0 Å². The fourth-order valence-corrected chi connectivity index (χ4v) is 3.13. The van der Waals surface area contributed by atoms with Gasteiger partial charge in [0, 0.05) is 19.4 Å². The highest BCUT2D eigenvalue weighted by Crippen LogP contribution is 2.15. The van der Waals surface area contributed by atoms with Gasteiger partial charge < -0.3 is 0 Å². The summed E-state index contributed by atoms with van der Waals surface area (Å²) in [7, 11) is -3.75. The van der Waals surface area contributed by atoms with Crippen LogP contribution in [0.4, 0.5) is 0 Å². The van der Waals surface area contributed by atoms with Gasteiger partial charge in [-0.15, -0.1) is 0 Å². The van der Waals surface area contributed by atoms with Gasteiger partial charge in [-0.05, 0) is 31.9 Å².